The number of aromatic nitrogens is 2. The first kappa shape index (κ1) is 32.4. The molecule has 0 amide bonds. The topological polar surface area (TPSA) is 66.9 Å². The number of fused-ring (bicyclic) bond motifs is 1. The molecule has 0 aliphatic heterocycles. The van der Waals surface area contributed by atoms with Gasteiger partial charge < -0.3 is 33.2 Å². The van der Waals surface area contributed by atoms with Gasteiger partial charge in [-0.25, -0.2) is 0 Å². The van der Waals surface area contributed by atoms with Crippen molar-refractivity contribution in [3.05, 3.63) is 120 Å². The van der Waals surface area contributed by atoms with E-state index in [1.165, 1.54) is 5.56 Å². The molecular formula is C41H42N2O5. The fourth-order valence-corrected chi connectivity index (χ4v) is 5.98. The molecule has 0 aliphatic rings. The fourth-order valence-electron chi connectivity index (χ4n) is 5.98. The summed E-state index contributed by atoms with van der Waals surface area (Å²) in [5.41, 5.74) is 8.32. The number of H-pyrrole nitrogens is 1. The second-order valence-electron chi connectivity index (χ2n) is 11.9. The number of nitrogens with zero attached hydrogens (tertiary/aromatic N) is 1. The van der Waals surface area contributed by atoms with E-state index in [0.717, 1.165) is 80.4 Å². The van der Waals surface area contributed by atoms with Gasteiger partial charge in [-0.3, -0.25) is 0 Å². The van der Waals surface area contributed by atoms with E-state index in [4.69, 9.17) is 23.7 Å². The Balaban J connectivity index is 1.54. The molecule has 0 radical (unpaired) electrons. The Hall–Kier alpha value is -5.56. The lowest BCUT2D eigenvalue weighted by Crippen LogP contribution is -2.05. The quantitative estimate of drug-likeness (QED) is 0.127. The Morgan fingerprint density at radius 2 is 1.33 bits per heavy atom. The van der Waals surface area contributed by atoms with Crippen LogP contribution in [-0.2, 0) is 17.7 Å². The van der Waals surface area contributed by atoms with Crippen LogP contribution >= 0.6 is 0 Å². The van der Waals surface area contributed by atoms with Gasteiger partial charge in [0.1, 0.15) is 28.8 Å². The summed E-state index contributed by atoms with van der Waals surface area (Å²) < 4.78 is 31.0. The molecule has 0 fully saturated rings. The van der Waals surface area contributed by atoms with E-state index in [9.17, 15) is 0 Å². The molecular weight excluding hydrogens is 600 g/mol. The maximum atomic E-state index is 6.31. The van der Waals surface area contributed by atoms with Crippen molar-refractivity contribution in [1.29, 1.82) is 0 Å². The van der Waals surface area contributed by atoms with Gasteiger partial charge in [0.2, 0.25) is 0 Å². The molecule has 0 unspecified atom stereocenters. The van der Waals surface area contributed by atoms with Crippen LogP contribution in [0.5, 0.6) is 23.0 Å². The van der Waals surface area contributed by atoms with Crippen LogP contribution in [-0.4, -0.2) is 44.1 Å². The molecule has 0 aliphatic carbocycles. The third kappa shape index (κ3) is 6.91. The SMILES string of the molecule is CO/C(=C\c1ccc(OC)cc1)c1[nH]c2c(OC(C)C)cccc2c1-c1cn(CCc2ccc(OC)cc2)cc1-c1ccc(OC)cc1. The standard InChI is InChI=1S/C41H42N2O5/c1-27(2)48-37-9-7-8-34-39(41(42-40(34)37)38(47-6)24-29-12-18-32(45-4)19-13-29)36-26-43(23-22-28-10-16-31(44-3)17-11-28)25-35(36)30-14-20-33(46-5)21-15-30/h7-21,24-27,42H,22-23H2,1-6H3/b38-24-. The number of hydrogen-bond donors (Lipinski definition) is 1. The average Bonchev–Trinajstić information content (AvgIpc) is 3.72. The maximum Gasteiger partial charge on any atom is 0.143 e. The Morgan fingerprint density at radius 3 is 1.94 bits per heavy atom. The summed E-state index contributed by atoms with van der Waals surface area (Å²) in [4.78, 5) is 3.72. The number of hydrogen-bond acceptors (Lipinski definition) is 5. The lowest BCUT2D eigenvalue weighted by molar-refractivity contribution is 0.245. The van der Waals surface area contributed by atoms with Crippen LogP contribution in [0.4, 0.5) is 0 Å². The number of aryl methyl sites for hydroxylation is 2. The van der Waals surface area contributed by atoms with Crippen molar-refractivity contribution in [1.82, 2.24) is 9.55 Å². The van der Waals surface area contributed by atoms with E-state index in [-0.39, 0.29) is 6.10 Å². The van der Waals surface area contributed by atoms with Crippen LogP contribution in [0, 0.1) is 0 Å². The van der Waals surface area contributed by atoms with Gasteiger partial charge in [0, 0.05) is 41.0 Å². The van der Waals surface area contributed by atoms with Crippen LogP contribution in [0.15, 0.2) is 103 Å². The second kappa shape index (κ2) is 14.5. The summed E-state index contributed by atoms with van der Waals surface area (Å²) in [6.07, 6.45) is 7.40. The summed E-state index contributed by atoms with van der Waals surface area (Å²) in [6.45, 7) is 4.88. The van der Waals surface area contributed by atoms with Gasteiger partial charge in [-0.1, -0.05) is 48.5 Å². The first-order valence-corrected chi connectivity index (χ1v) is 16.1. The Labute approximate surface area is 282 Å². The van der Waals surface area contributed by atoms with Gasteiger partial charge >= 0.3 is 0 Å². The first-order valence-electron chi connectivity index (χ1n) is 16.1. The number of nitrogens with one attached hydrogen (secondary N) is 1. The predicted octanol–water partition coefficient (Wildman–Crippen LogP) is 9.50. The van der Waals surface area contributed by atoms with Crippen molar-refractivity contribution >= 4 is 22.7 Å². The Bertz CT molecular complexity index is 2000. The summed E-state index contributed by atoms with van der Waals surface area (Å²) in [5.74, 6) is 3.96. The molecule has 0 bridgehead atoms. The summed E-state index contributed by atoms with van der Waals surface area (Å²) in [7, 11) is 6.75. The zero-order chi connectivity index (χ0) is 33.6. The van der Waals surface area contributed by atoms with E-state index in [2.05, 4.69) is 58.3 Å². The monoisotopic (exact) mass is 642 g/mol. The van der Waals surface area contributed by atoms with Crippen molar-refractivity contribution < 1.29 is 23.7 Å². The summed E-state index contributed by atoms with van der Waals surface area (Å²) in [5, 5.41) is 1.04. The maximum absolute atomic E-state index is 6.31. The lowest BCUT2D eigenvalue weighted by Gasteiger charge is -2.11. The molecule has 48 heavy (non-hydrogen) atoms. The highest BCUT2D eigenvalue weighted by molar-refractivity contribution is 6.07. The number of methoxy groups -OCH3 is 4. The third-order valence-electron chi connectivity index (χ3n) is 8.41. The first-order chi connectivity index (χ1) is 23.4. The average molecular weight is 643 g/mol. The van der Waals surface area contributed by atoms with Crippen molar-refractivity contribution in [3.63, 3.8) is 0 Å². The van der Waals surface area contributed by atoms with Crippen molar-refractivity contribution in [2.45, 2.75) is 32.9 Å². The molecule has 6 rings (SSSR count). The van der Waals surface area contributed by atoms with Gasteiger partial charge in [-0.05, 0) is 85.5 Å². The fraction of sp³-hybridized carbons (Fsp3) is 0.220. The lowest BCUT2D eigenvalue weighted by atomic mass is 9.95. The van der Waals surface area contributed by atoms with Crippen molar-refractivity contribution in [2.75, 3.05) is 28.4 Å². The number of para-hydroxylation sites is 1. The molecule has 4 aromatic carbocycles. The highest BCUT2D eigenvalue weighted by Gasteiger charge is 2.24. The molecule has 0 atom stereocenters. The molecule has 0 spiro atoms. The van der Waals surface area contributed by atoms with Crippen molar-refractivity contribution in [3.8, 4) is 45.3 Å². The number of benzene rings is 4. The molecule has 2 heterocycles. The number of ether oxygens (including phenoxy) is 5. The van der Waals surface area contributed by atoms with Gasteiger partial charge in [0.05, 0.1) is 45.8 Å². The van der Waals surface area contributed by atoms with E-state index in [0.29, 0.717) is 5.76 Å². The van der Waals surface area contributed by atoms with Crippen LogP contribution < -0.4 is 18.9 Å². The number of rotatable bonds is 13. The molecule has 246 valence electrons. The molecule has 6 aromatic rings. The molecule has 1 N–H and O–H groups in total. The van der Waals surface area contributed by atoms with Crippen LogP contribution in [0.2, 0.25) is 0 Å². The zero-order valence-electron chi connectivity index (χ0n) is 28.4. The third-order valence-corrected chi connectivity index (χ3v) is 8.41. The van der Waals surface area contributed by atoms with E-state index >= 15 is 0 Å². The molecule has 0 saturated carbocycles. The zero-order valence-corrected chi connectivity index (χ0v) is 28.4. The Morgan fingerprint density at radius 1 is 0.729 bits per heavy atom. The van der Waals surface area contributed by atoms with Crippen LogP contribution in [0.3, 0.4) is 0 Å². The number of aromatic amines is 1. The van der Waals surface area contributed by atoms with E-state index in [1.807, 2.05) is 74.5 Å². The minimum atomic E-state index is 0.0106. The van der Waals surface area contributed by atoms with Crippen LogP contribution in [0.1, 0.15) is 30.7 Å². The minimum absolute atomic E-state index is 0.0106. The summed E-state index contributed by atoms with van der Waals surface area (Å²) >= 11 is 0. The molecule has 2 aromatic heterocycles. The highest BCUT2D eigenvalue weighted by atomic mass is 16.5. The van der Waals surface area contributed by atoms with Gasteiger partial charge in [-0.2, -0.15) is 0 Å². The van der Waals surface area contributed by atoms with Crippen LogP contribution in [0.25, 0.3) is 45.0 Å². The molecule has 0 saturated heterocycles. The van der Waals surface area contributed by atoms with E-state index < -0.39 is 0 Å². The van der Waals surface area contributed by atoms with E-state index in [1.54, 1.807) is 28.4 Å². The highest BCUT2D eigenvalue weighted by Crippen LogP contribution is 2.44. The normalized spacial score (nSPS) is 11.6. The second-order valence-corrected chi connectivity index (χ2v) is 11.9. The van der Waals surface area contributed by atoms with Crippen molar-refractivity contribution in [2.24, 2.45) is 0 Å². The largest absolute Gasteiger partial charge is 0.497 e. The molecule has 7 heteroatoms. The van der Waals surface area contributed by atoms with Gasteiger partial charge in [0.25, 0.3) is 0 Å². The minimum Gasteiger partial charge on any atom is -0.497 e. The smallest absolute Gasteiger partial charge is 0.143 e. The predicted molar refractivity (Wildman–Crippen MR) is 194 cm³/mol. The van der Waals surface area contributed by atoms with Gasteiger partial charge in [0.15, 0.2) is 0 Å². The summed E-state index contributed by atoms with van der Waals surface area (Å²) in [6, 6.07) is 30.6. The molecule has 7 nitrogen and oxygen atoms in total. The Kier molecular flexibility index (Phi) is 9.76. The van der Waals surface area contributed by atoms with Gasteiger partial charge in [-0.15, -0.1) is 0 Å².